The predicted octanol–water partition coefficient (Wildman–Crippen LogP) is 2.21. The first kappa shape index (κ1) is 19.8. The Bertz CT molecular complexity index is 1010. The topological polar surface area (TPSA) is 96.0 Å². The van der Waals surface area contributed by atoms with Crippen LogP contribution in [0.15, 0.2) is 54.1 Å². The minimum absolute atomic E-state index is 0.167. The number of hydrogen-bond acceptors (Lipinski definition) is 6. The van der Waals surface area contributed by atoms with Crippen LogP contribution in [-0.2, 0) is 14.3 Å². The second-order valence-corrected chi connectivity index (χ2v) is 6.48. The normalized spacial score (nSPS) is 15.3. The Labute approximate surface area is 167 Å². The molecule has 0 unspecified atom stereocenters. The van der Waals surface area contributed by atoms with Crippen LogP contribution in [0.25, 0.3) is 6.08 Å². The van der Waals surface area contributed by atoms with Gasteiger partial charge in [0.1, 0.15) is 5.57 Å². The lowest BCUT2D eigenvalue weighted by Crippen LogP contribution is -2.54. The van der Waals surface area contributed by atoms with Crippen molar-refractivity contribution in [1.82, 2.24) is 5.32 Å². The molecule has 0 aliphatic carbocycles. The Balaban J connectivity index is 1.92. The number of ether oxygens (including phenoxy) is 1. The Morgan fingerprint density at radius 2 is 1.62 bits per heavy atom. The minimum atomic E-state index is -0.856. The molecule has 4 amide bonds. The molecule has 148 valence electrons. The maximum absolute atomic E-state index is 12.9. The van der Waals surface area contributed by atoms with Crippen molar-refractivity contribution in [2.24, 2.45) is 0 Å². The number of hydrogen-bond donors (Lipinski definition) is 1. The fourth-order valence-electron chi connectivity index (χ4n) is 2.79. The number of anilines is 2. The number of barbiturate groups is 1. The molecule has 1 heterocycles. The molecule has 0 saturated carbocycles. The van der Waals surface area contributed by atoms with E-state index >= 15 is 0 Å². The highest BCUT2D eigenvalue weighted by molar-refractivity contribution is 6.39. The van der Waals surface area contributed by atoms with Gasteiger partial charge in [-0.2, -0.15) is 0 Å². The van der Waals surface area contributed by atoms with Gasteiger partial charge in [-0.3, -0.25) is 14.9 Å². The number of carbonyl (C=O) groups excluding carboxylic acids is 4. The van der Waals surface area contributed by atoms with E-state index in [9.17, 15) is 19.2 Å². The lowest BCUT2D eigenvalue weighted by atomic mass is 10.1. The molecule has 29 heavy (non-hydrogen) atoms. The van der Waals surface area contributed by atoms with Crippen molar-refractivity contribution < 1.29 is 23.9 Å². The third-order valence-corrected chi connectivity index (χ3v) is 4.37. The highest BCUT2D eigenvalue weighted by Gasteiger charge is 2.36. The van der Waals surface area contributed by atoms with Gasteiger partial charge in [-0.05, 0) is 48.0 Å². The van der Waals surface area contributed by atoms with Crippen molar-refractivity contribution in [1.29, 1.82) is 0 Å². The fourth-order valence-corrected chi connectivity index (χ4v) is 2.79. The van der Waals surface area contributed by atoms with Gasteiger partial charge in [0.15, 0.2) is 0 Å². The van der Waals surface area contributed by atoms with E-state index in [1.54, 1.807) is 12.1 Å². The number of esters is 1. The number of rotatable bonds is 4. The molecular weight excluding hydrogens is 374 g/mol. The first-order valence-electron chi connectivity index (χ1n) is 8.69. The summed E-state index contributed by atoms with van der Waals surface area (Å²) in [6.45, 7) is 0. The van der Waals surface area contributed by atoms with Gasteiger partial charge < -0.3 is 9.64 Å². The molecule has 3 rings (SSSR count). The fraction of sp³-hybridized carbons (Fsp3) is 0.143. The molecule has 1 aliphatic heterocycles. The molecule has 0 spiro atoms. The van der Waals surface area contributed by atoms with Crippen LogP contribution in [0.2, 0.25) is 0 Å². The molecule has 1 fully saturated rings. The third-order valence-electron chi connectivity index (χ3n) is 4.37. The predicted molar refractivity (Wildman–Crippen MR) is 108 cm³/mol. The smallest absolute Gasteiger partial charge is 0.337 e. The summed E-state index contributed by atoms with van der Waals surface area (Å²) in [5, 5.41) is 2.17. The quantitative estimate of drug-likeness (QED) is 0.486. The van der Waals surface area contributed by atoms with Crippen LogP contribution in [0.5, 0.6) is 0 Å². The molecule has 0 bridgehead atoms. The second-order valence-electron chi connectivity index (χ2n) is 6.48. The zero-order valence-electron chi connectivity index (χ0n) is 16.1. The van der Waals surface area contributed by atoms with Crippen LogP contribution in [-0.4, -0.2) is 45.0 Å². The highest BCUT2D eigenvalue weighted by Crippen LogP contribution is 2.23. The number of urea groups is 1. The van der Waals surface area contributed by atoms with Gasteiger partial charge in [0.05, 0.1) is 18.4 Å². The van der Waals surface area contributed by atoms with Crippen molar-refractivity contribution in [3.8, 4) is 0 Å². The molecule has 2 aromatic carbocycles. The van der Waals surface area contributed by atoms with Gasteiger partial charge >= 0.3 is 12.0 Å². The summed E-state index contributed by atoms with van der Waals surface area (Å²) in [4.78, 5) is 51.7. The van der Waals surface area contributed by atoms with Gasteiger partial charge in [-0.1, -0.05) is 12.1 Å². The summed E-state index contributed by atoms with van der Waals surface area (Å²) >= 11 is 0. The zero-order chi connectivity index (χ0) is 21.1. The van der Waals surface area contributed by atoms with Gasteiger partial charge in [-0.25, -0.2) is 14.5 Å². The Morgan fingerprint density at radius 3 is 2.17 bits per heavy atom. The molecule has 2 aromatic rings. The summed E-state index contributed by atoms with van der Waals surface area (Å²) < 4.78 is 4.63. The number of nitrogens with zero attached hydrogens (tertiary/aromatic N) is 2. The minimum Gasteiger partial charge on any atom is -0.465 e. The summed E-state index contributed by atoms with van der Waals surface area (Å²) in [7, 11) is 5.06. The summed E-state index contributed by atoms with van der Waals surface area (Å²) in [6, 6.07) is 12.1. The van der Waals surface area contributed by atoms with E-state index in [-0.39, 0.29) is 16.8 Å². The Kier molecular flexibility index (Phi) is 5.45. The molecule has 0 aromatic heterocycles. The van der Waals surface area contributed by atoms with E-state index in [1.165, 1.54) is 37.5 Å². The van der Waals surface area contributed by atoms with Crippen molar-refractivity contribution in [2.75, 3.05) is 31.0 Å². The molecule has 1 saturated heterocycles. The van der Waals surface area contributed by atoms with Gasteiger partial charge in [0.2, 0.25) is 0 Å². The van der Waals surface area contributed by atoms with Crippen molar-refractivity contribution in [3.05, 3.63) is 65.2 Å². The van der Waals surface area contributed by atoms with Crippen molar-refractivity contribution >= 4 is 41.3 Å². The summed E-state index contributed by atoms with van der Waals surface area (Å²) in [6.07, 6.45) is 1.43. The van der Waals surface area contributed by atoms with Crippen molar-refractivity contribution in [2.45, 2.75) is 0 Å². The van der Waals surface area contributed by atoms with E-state index in [4.69, 9.17) is 0 Å². The van der Waals surface area contributed by atoms with Crippen LogP contribution in [0.1, 0.15) is 15.9 Å². The Morgan fingerprint density at radius 1 is 1.00 bits per heavy atom. The average Bonchev–Trinajstić information content (AvgIpc) is 2.71. The van der Waals surface area contributed by atoms with Crippen LogP contribution in [0.3, 0.4) is 0 Å². The largest absolute Gasteiger partial charge is 0.465 e. The molecule has 0 radical (unpaired) electrons. The lowest BCUT2D eigenvalue weighted by Gasteiger charge is -2.26. The molecular formula is C21H19N3O5. The monoisotopic (exact) mass is 393 g/mol. The standard InChI is InChI=1S/C21H19N3O5/c1-23(2)15-8-4-13(5-9-15)12-17-18(25)22-21(28)24(19(17)26)16-10-6-14(7-11-16)20(27)29-3/h4-12H,1-3H3,(H,22,25,28)/b17-12+. The van der Waals surface area contributed by atoms with E-state index in [0.717, 1.165) is 10.6 Å². The first-order chi connectivity index (χ1) is 13.8. The van der Waals surface area contributed by atoms with Gasteiger partial charge in [0.25, 0.3) is 11.8 Å². The molecule has 8 heteroatoms. The summed E-state index contributed by atoms with van der Waals surface area (Å²) in [5.74, 6) is -2.05. The number of methoxy groups -OCH3 is 1. The van der Waals surface area contributed by atoms with E-state index in [0.29, 0.717) is 5.56 Å². The van der Waals surface area contributed by atoms with E-state index in [2.05, 4.69) is 10.1 Å². The van der Waals surface area contributed by atoms with Gasteiger partial charge in [0, 0.05) is 19.8 Å². The highest BCUT2D eigenvalue weighted by atomic mass is 16.5. The van der Waals surface area contributed by atoms with Crippen LogP contribution >= 0.6 is 0 Å². The maximum Gasteiger partial charge on any atom is 0.337 e. The number of amides is 4. The SMILES string of the molecule is COC(=O)c1ccc(N2C(=O)NC(=O)/C(=C\c3ccc(N(C)C)cc3)C2=O)cc1. The van der Waals surface area contributed by atoms with E-state index < -0.39 is 23.8 Å². The zero-order valence-corrected chi connectivity index (χ0v) is 16.1. The Hall–Kier alpha value is -3.94. The van der Waals surface area contributed by atoms with Crippen LogP contribution < -0.4 is 15.1 Å². The molecule has 1 N–H and O–H groups in total. The lowest BCUT2D eigenvalue weighted by molar-refractivity contribution is -0.122. The first-order valence-corrected chi connectivity index (χ1v) is 8.69. The number of carbonyl (C=O) groups is 4. The molecule has 1 aliphatic rings. The van der Waals surface area contributed by atoms with Crippen LogP contribution in [0, 0.1) is 0 Å². The van der Waals surface area contributed by atoms with E-state index in [1.807, 2.05) is 31.1 Å². The summed E-state index contributed by atoms with van der Waals surface area (Å²) in [5.41, 5.74) is 1.94. The number of imide groups is 2. The average molecular weight is 393 g/mol. The number of benzene rings is 2. The van der Waals surface area contributed by atoms with Crippen molar-refractivity contribution in [3.63, 3.8) is 0 Å². The maximum atomic E-state index is 12.9. The van der Waals surface area contributed by atoms with Gasteiger partial charge in [-0.15, -0.1) is 0 Å². The second kappa shape index (κ2) is 7.97. The third kappa shape index (κ3) is 4.01. The molecule has 8 nitrogen and oxygen atoms in total. The molecule has 0 atom stereocenters. The van der Waals surface area contributed by atoms with Crippen LogP contribution in [0.4, 0.5) is 16.2 Å². The number of nitrogens with one attached hydrogen (secondary N) is 1.